The molecule has 1 amide bonds. The fourth-order valence-corrected chi connectivity index (χ4v) is 4.35. The Morgan fingerprint density at radius 1 is 1.25 bits per heavy atom. The zero-order chi connectivity index (χ0) is 22.1. The first-order chi connectivity index (χ1) is 15.6. The molecule has 32 heavy (non-hydrogen) atoms. The van der Waals surface area contributed by atoms with Crippen molar-refractivity contribution in [1.82, 2.24) is 29.2 Å². The summed E-state index contributed by atoms with van der Waals surface area (Å²) in [6.45, 7) is 2.51. The Balaban J connectivity index is 1.31. The zero-order valence-corrected chi connectivity index (χ0v) is 17.7. The lowest BCUT2D eigenvalue weighted by atomic mass is 9.98. The molecule has 0 saturated carbocycles. The van der Waals surface area contributed by atoms with Crippen LogP contribution in [0.25, 0.3) is 22.4 Å². The minimum Gasteiger partial charge on any atom is -0.489 e. The van der Waals surface area contributed by atoms with Crippen LogP contribution in [-0.2, 0) is 0 Å². The SMILES string of the molecule is CCC1CC(Oc2ccc(-n3ccc4cc(-n5cncn5)ccc43)nc2)CCN1C(=O)O. The summed E-state index contributed by atoms with van der Waals surface area (Å²) < 4.78 is 9.88. The number of fused-ring (bicyclic) bond motifs is 1. The van der Waals surface area contributed by atoms with E-state index in [1.165, 1.54) is 11.2 Å². The van der Waals surface area contributed by atoms with Gasteiger partial charge in [-0.15, -0.1) is 0 Å². The van der Waals surface area contributed by atoms with Gasteiger partial charge in [-0.25, -0.2) is 19.4 Å². The van der Waals surface area contributed by atoms with Gasteiger partial charge in [0.05, 0.1) is 17.4 Å². The lowest BCUT2D eigenvalue weighted by Gasteiger charge is -2.37. The van der Waals surface area contributed by atoms with Crippen LogP contribution in [0, 0.1) is 0 Å². The number of aromatic nitrogens is 5. The van der Waals surface area contributed by atoms with Crippen molar-refractivity contribution in [3.8, 4) is 17.3 Å². The van der Waals surface area contributed by atoms with E-state index in [2.05, 4.69) is 21.1 Å². The molecular weight excluding hydrogens is 408 g/mol. The lowest BCUT2D eigenvalue weighted by Crippen LogP contribution is -2.48. The molecule has 2 unspecified atom stereocenters. The lowest BCUT2D eigenvalue weighted by molar-refractivity contribution is 0.0529. The van der Waals surface area contributed by atoms with Gasteiger partial charge < -0.3 is 19.3 Å². The fraction of sp³-hybridized carbons (Fsp3) is 0.304. The number of carboxylic acid groups (broad SMARTS) is 1. The molecule has 1 aliphatic rings. The van der Waals surface area contributed by atoms with Crippen LogP contribution < -0.4 is 4.74 Å². The summed E-state index contributed by atoms with van der Waals surface area (Å²) >= 11 is 0. The van der Waals surface area contributed by atoms with Crippen LogP contribution in [0.15, 0.2) is 61.4 Å². The predicted octanol–water partition coefficient (Wildman–Crippen LogP) is 3.91. The standard InChI is InChI=1S/C23H24N6O3/c1-2-17-12-19(8-10-27(17)23(30)31)32-20-4-6-22(25-13-20)28-9-7-16-11-18(3-5-21(16)28)29-15-24-14-26-29/h3-7,9,11,13-15,17,19H,2,8,10,12H2,1H3,(H,30,31). The Labute approximate surface area is 184 Å². The quantitative estimate of drug-likeness (QED) is 0.514. The number of piperidine rings is 1. The highest BCUT2D eigenvalue weighted by atomic mass is 16.5. The maximum atomic E-state index is 11.4. The molecule has 3 aromatic heterocycles. The maximum absolute atomic E-state index is 11.4. The van der Waals surface area contributed by atoms with E-state index in [9.17, 15) is 9.90 Å². The molecule has 2 atom stereocenters. The number of nitrogens with zero attached hydrogens (tertiary/aromatic N) is 6. The van der Waals surface area contributed by atoms with E-state index in [0.717, 1.165) is 28.8 Å². The van der Waals surface area contributed by atoms with Gasteiger partial charge in [0, 0.05) is 37.0 Å². The summed E-state index contributed by atoms with van der Waals surface area (Å²) in [4.78, 5) is 21.5. The number of ether oxygens (including phenoxy) is 1. The van der Waals surface area contributed by atoms with E-state index in [0.29, 0.717) is 25.1 Å². The number of carbonyl (C=O) groups is 1. The van der Waals surface area contributed by atoms with Crippen molar-refractivity contribution in [2.45, 2.75) is 38.3 Å². The van der Waals surface area contributed by atoms with Crippen molar-refractivity contribution in [2.24, 2.45) is 0 Å². The third kappa shape index (κ3) is 3.77. The first kappa shape index (κ1) is 20.0. The van der Waals surface area contributed by atoms with Gasteiger partial charge in [-0.2, -0.15) is 5.10 Å². The van der Waals surface area contributed by atoms with Gasteiger partial charge in [0.1, 0.15) is 30.3 Å². The molecule has 1 saturated heterocycles. The van der Waals surface area contributed by atoms with Crippen molar-refractivity contribution in [3.05, 3.63) is 61.4 Å². The smallest absolute Gasteiger partial charge is 0.407 e. The number of hydrogen-bond acceptors (Lipinski definition) is 5. The molecule has 0 radical (unpaired) electrons. The van der Waals surface area contributed by atoms with Gasteiger partial charge >= 0.3 is 6.09 Å². The molecule has 4 aromatic rings. The highest BCUT2D eigenvalue weighted by Gasteiger charge is 2.31. The van der Waals surface area contributed by atoms with Crippen LogP contribution in [-0.4, -0.2) is 59.1 Å². The summed E-state index contributed by atoms with van der Waals surface area (Å²) in [6.07, 6.45) is 8.21. The average molecular weight is 432 g/mol. The van der Waals surface area contributed by atoms with Crippen molar-refractivity contribution < 1.29 is 14.6 Å². The van der Waals surface area contributed by atoms with Gasteiger partial charge in [0.25, 0.3) is 0 Å². The number of amides is 1. The molecule has 5 rings (SSSR count). The highest BCUT2D eigenvalue weighted by molar-refractivity contribution is 5.83. The minimum atomic E-state index is -0.853. The second-order valence-electron chi connectivity index (χ2n) is 7.92. The summed E-state index contributed by atoms with van der Waals surface area (Å²) in [5.41, 5.74) is 1.99. The first-order valence-electron chi connectivity index (χ1n) is 10.7. The fourth-order valence-electron chi connectivity index (χ4n) is 4.35. The molecular formula is C23H24N6O3. The highest BCUT2D eigenvalue weighted by Crippen LogP contribution is 2.26. The van der Waals surface area contributed by atoms with Crippen molar-refractivity contribution in [2.75, 3.05) is 6.54 Å². The third-order valence-electron chi connectivity index (χ3n) is 6.01. The molecule has 1 aliphatic heterocycles. The molecule has 0 spiro atoms. The Hall–Kier alpha value is -3.88. The van der Waals surface area contributed by atoms with Gasteiger partial charge in [-0.3, -0.25) is 0 Å². The van der Waals surface area contributed by atoms with Crippen LogP contribution in [0.1, 0.15) is 26.2 Å². The normalized spacial score (nSPS) is 18.7. The number of likely N-dealkylation sites (tertiary alicyclic amines) is 1. The molecule has 1 fully saturated rings. The Morgan fingerprint density at radius 2 is 2.16 bits per heavy atom. The Bertz CT molecular complexity index is 1220. The topological polar surface area (TPSA) is 98.3 Å². The van der Waals surface area contributed by atoms with Crippen molar-refractivity contribution in [3.63, 3.8) is 0 Å². The van der Waals surface area contributed by atoms with E-state index >= 15 is 0 Å². The van der Waals surface area contributed by atoms with Crippen LogP contribution in [0.3, 0.4) is 0 Å². The monoisotopic (exact) mass is 432 g/mol. The van der Waals surface area contributed by atoms with E-state index < -0.39 is 6.09 Å². The number of hydrogen-bond donors (Lipinski definition) is 1. The van der Waals surface area contributed by atoms with Crippen molar-refractivity contribution in [1.29, 1.82) is 0 Å². The van der Waals surface area contributed by atoms with Gasteiger partial charge in [0.2, 0.25) is 0 Å². The Morgan fingerprint density at radius 3 is 2.88 bits per heavy atom. The van der Waals surface area contributed by atoms with Crippen molar-refractivity contribution >= 4 is 17.0 Å². The van der Waals surface area contributed by atoms with E-state index in [1.54, 1.807) is 17.2 Å². The summed E-state index contributed by atoms with van der Waals surface area (Å²) in [6, 6.07) is 12.0. The summed E-state index contributed by atoms with van der Waals surface area (Å²) in [7, 11) is 0. The summed E-state index contributed by atoms with van der Waals surface area (Å²) in [5.74, 6) is 1.50. The van der Waals surface area contributed by atoms with Crippen LogP contribution in [0.2, 0.25) is 0 Å². The summed E-state index contributed by atoms with van der Waals surface area (Å²) in [5, 5.41) is 14.6. The second kappa shape index (κ2) is 8.33. The van der Waals surface area contributed by atoms with Crippen LogP contribution in [0.4, 0.5) is 4.79 Å². The molecule has 1 aromatic carbocycles. The number of rotatable bonds is 5. The van der Waals surface area contributed by atoms with E-state index in [1.807, 2.05) is 48.0 Å². The van der Waals surface area contributed by atoms with E-state index in [-0.39, 0.29) is 12.1 Å². The van der Waals surface area contributed by atoms with Gasteiger partial charge in [-0.1, -0.05) is 6.92 Å². The van der Waals surface area contributed by atoms with Gasteiger partial charge in [0.15, 0.2) is 0 Å². The molecule has 164 valence electrons. The molecule has 1 N–H and O–H groups in total. The maximum Gasteiger partial charge on any atom is 0.407 e. The predicted molar refractivity (Wildman–Crippen MR) is 118 cm³/mol. The largest absolute Gasteiger partial charge is 0.489 e. The average Bonchev–Trinajstić information content (AvgIpc) is 3.49. The molecule has 9 nitrogen and oxygen atoms in total. The van der Waals surface area contributed by atoms with Gasteiger partial charge in [-0.05, 0) is 42.8 Å². The zero-order valence-electron chi connectivity index (χ0n) is 17.7. The molecule has 0 bridgehead atoms. The third-order valence-corrected chi connectivity index (χ3v) is 6.01. The van der Waals surface area contributed by atoms with E-state index in [4.69, 9.17) is 4.74 Å². The number of benzene rings is 1. The number of pyridine rings is 1. The van der Waals surface area contributed by atoms with Crippen LogP contribution in [0.5, 0.6) is 5.75 Å². The Kier molecular flexibility index (Phi) is 5.22. The molecule has 0 aliphatic carbocycles. The molecule has 9 heteroatoms. The second-order valence-corrected chi connectivity index (χ2v) is 7.92. The van der Waals surface area contributed by atoms with Crippen LogP contribution >= 0.6 is 0 Å². The first-order valence-corrected chi connectivity index (χ1v) is 10.7. The minimum absolute atomic E-state index is 0.00728. The molecule has 4 heterocycles.